The van der Waals surface area contributed by atoms with Crippen molar-refractivity contribution < 1.29 is 47.6 Å². The van der Waals surface area contributed by atoms with E-state index in [1.807, 2.05) is 38.1 Å². The highest BCUT2D eigenvalue weighted by molar-refractivity contribution is 5.86. The molecule has 0 heterocycles. The number of carbonyl (C=O) groups is 4. The molecule has 0 aliphatic carbocycles. The molecule has 2 unspecified atom stereocenters. The standard InChI is InChI=1S/C34H48N2O10/c1-9-41-31(37)21-35(25(7)33(39)43-11-3)27-15-13-23(5)19-29(27)45-17-18-46-30-20-24(6)14-16-28(30)36(22-32(38)42-10-2)26(8)34(40)44-12-4/h13-16,19-20,25-26H,9-12,17-18,21-22H2,1-8H3. The van der Waals surface area contributed by atoms with Gasteiger partial charge in [0, 0.05) is 0 Å². The number of nitrogens with zero attached hydrogens (tertiary/aromatic N) is 2. The van der Waals surface area contributed by atoms with Crippen LogP contribution in [0.5, 0.6) is 11.5 Å². The number of hydrogen-bond donors (Lipinski definition) is 0. The molecule has 0 aromatic heterocycles. The predicted molar refractivity (Wildman–Crippen MR) is 173 cm³/mol. The van der Waals surface area contributed by atoms with Crippen LogP contribution in [-0.2, 0) is 38.1 Å². The Morgan fingerprint density at radius 2 is 0.935 bits per heavy atom. The Morgan fingerprint density at radius 1 is 0.587 bits per heavy atom. The van der Waals surface area contributed by atoms with E-state index in [-0.39, 0.29) is 52.7 Å². The molecule has 12 heteroatoms. The maximum atomic E-state index is 12.7. The van der Waals surface area contributed by atoms with Crippen molar-refractivity contribution in [2.24, 2.45) is 0 Å². The second-order valence-electron chi connectivity index (χ2n) is 10.4. The summed E-state index contributed by atoms with van der Waals surface area (Å²) in [4.78, 5) is 53.6. The third kappa shape index (κ3) is 11.1. The third-order valence-electron chi connectivity index (χ3n) is 6.85. The Morgan fingerprint density at radius 3 is 1.26 bits per heavy atom. The maximum Gasteiger partial charge on any atom is 0.328 e. The lowest BCUT2D eigenvalue weighted by atomic mass is 10.1. The Labute approximate surface area is 271 Å². The molecule has 0 saturated heterocycles. The van der Waals surface area contributed by atoms with Crippen LogP contribution < -0.4 is 19.3 Å². The third-order valence-corrected chi connectivity index (χ3v) is 6.85. The lowest BCUT2D eigenvalue weighted by molar-refractivity contribution is -0.146. The predicted octanol–water partition coefficient (Wildman–Crippen LogP) is 4.40. The van der Waals surface area contributed by atoms with Crippen molar-refractivity contribution in [2.75, 3.05) is 62.5 Å². The zero-order valence-electron chi connectivity index (χ0n) is 28.3. The zero-order valence-corrected chi connectivity index (χ0v) is 28.3. The minimum Gasteiger partial charge on any atom is -0.488 e. The van der Waals surface area contributed by atoms with E-state index in [0.29, 0.717) is 22.9 Å². The molecule has 46 heavy (non-hydrogen) atoms. The summed E-state index contributed by atoms with van der Waals surface area (Å²) in [6, 6.07) is 9.30. The largest absolute Gasteiger partial charge is 0.488 e. The van der Waals surface area contributed by atoms with Gasteiger partial charge in [0.1, 0.15) is 49.9 Å². The number of esters is 4. The minimum atomic E-state index is -0.799. The van der Waals surface area contributed by atoms with Gasteiger partial charge in [-0.2, -0.15) is 0 Å². The quantitative estimate of drug-likeness (QED) is 0.122. The number of aryl methyl sites for hydroxylation is 2. The molecule has 2 aromatic rings. The highest BCUT2D eigenvalue weighted by Gasteiger charge is 2.29. The van der Waals surface area contributed by atoms with Crippen LogP contribution in [0.4, 0.5) is 11.4 Å². The Balaban J connectivity index is 2.34. The van der Waals surface area contributed by atoms with Crippen LogP contribution in [-0.4, -0.2) is 88.7 Å². The molecule has 2 atom stereocenters. The zero-order chi connectivity index (χ0) is 34.2. The van der Waals surface area contributed by atoms with Gasteiger partial charge in [-0.05, 0) is 90.8 Å². The van der Waals surface area contributed by atoms with Gasteiger partial charge in [-0.1, -0.05) is 12.1 Å². The summed E-state index contributed by atoms with van der Waals surface area (Å²) in [5, 5.41) is 0. The first-order chi connectivity index (χ1) is 22.0. The van der Waals surface area contributed by atoms with Crippen molar-refractivity contribution in [3.63, 3.8) is 0 Å². The second-order valence-corrected chi connectivity index (χ2v) is 10.4. The Hall–Kier alpha value is -4.48. The number of carbonyl (C=O) groups excluding carboxylic acids is 4. The van der Waals surface area contributed by atoms with E-state index >= 15 is 0 Å². The molecule has 2 aromatic carbocycles. The summed E-state index contributed by atoms with van der Waals surface area (Å²) >= 11 is 0. The normalized spacial score (nSPS) is 11.9. The van der Waals surface area contributed by atoms with Gasteiger partial charge in [0.15, 0.2) is 0 Å². The molecule has 0 aliphatic rings. The smallest absolute Gasteiger partial charge is 0.328 e. The topological polar surface area (TPSA) is 130 Å². The SMILES string of the molecule is CCOC(=O)CN(c1ccc(C)cc1OCCOc1cc(C)ccc1N(CC(=O)OCC)C(C)C(=O)OCC)C(C)C(=O)OCC. The van der Waals surface area contributed by atoms with Crippen molar-refractivity contribution in [3.05, 3.63) is 47.5 Å². The Bertz CT molecular complexity index is 1220. The lowest BCUT2D eigenvalue weighted by Gasteiger charge is -2.31. The molecule has 0 spiro atoms. The highest BCUT2D eigenvalue weighted by Crippen LogP contribution is 2.33. The van der Waals surface area contributed by atoms with Crippen molar-refractivity contribution >= 4 is 35.3 Å². The molecule has 12 nitrogen and oxygen atoms in total. The van der Waals surface area contributed by atoms with E-state index in [0.717, 1.165) is 11.1 Å². The van der Waals surface area contributed by atoms with E-state index in [1.54, 1.807) is 63.5 Å². The van der Waals surface area contributed by atoms with Crippen molar-refractivity contribution in [1.82, 2.24) is 0 Å². The molecule has 0 amide bonds. The molecular formula is C34H48N2O10. The van der Waals surface area contributed by atoms with Gasteiger partial charge in [0.2, 0.25) is 0 Å². The molecule has 0 bridgehead atoms. The van der Waals surface area contributed by atoms with Crippen LogP contribution >= 0.6 is 0 Å². The fourth-order valence-electron chi connectivity index (χ4n) is 4.58. The summed E-state index contributed by atoms with van der Waals surface area (Å²) in [6.07, 6.45) is 0. The molecule has 2 rings (SSSR count). The van der Waals surface area contributed by atoms with Crippen LogP contribution in [0.1, 0.15) is 52.7 Å². The fourth-order valence-corrected chi connectivity index (χ4v) is 4.58. The van der Waals surface area contributed by atoms with E-state index in [4.69, 9.17) is 28.4 Å². The molecule has 0 N–H and O–H groups in total. The summed E-state index contributed by atoms with van der Waals surface area (Å²) in [7, 11) is 0. The molecule has 0 fully saturated rings. The summed E-state index contributed by atoms with van der Waals surface area (Å²) in [6.45, 7) is 14.6. The van der Waals surface area contributed by atoms with Crippen molar-refractivity contribution in [2.45, 2.75) is 67.5 Å². The number of rotatable bonds is 19. The molecule has 0 radical (unpaired) electrons. The second kappa shape index (κ2) is 19.1. The van der Waals surface area contributed by atoms with Gasteiger partial charge in [0.05, 0.1) is 37.8 Å². The first kappa shape index (κ1) is 37.7. The Kier molecular flexibility index (Phi) is 15.7. The van der Waals surface area contributed by atoms with E-state index in [9.17, 15) is 19.2 Å². The van der Waals surface area contributed by atoms with Crippen LogP contribution in [0.3, 0.4) is 0 Å². The number of hydrogen-bond acceptors (Lipinski definition) is 12. The van der Waals surface area contributed by atoms with E-state index in [2.05, 4.69) is 0 Å². The summed E-state index contributed by atoms with van der Waals surface area (Å²) < 4.78 is 33.1. The lowest BCUT2D eigenvalue weighted by Crippen LogP contribution is -2.44. The molecule has 0 aliphatic heterocycles. The van der Waals surface area contributed by atoms with Crippen molar-refractivity contribution in [3.8, 4) is 11.5 Å². The van der Waals surface area contributed by atoms with Gasteiger partial charge >= 0.3 is 23.9 Å². The molecule has 254 valence electrons. The van der Waals surface area contributed by atoms with E-state index < -0.39 is 36.0 Å². The van der Waals surface area contributed by atoms with Gasteiger partial charge in [-0.25, -0.2) is 9.59 Å². The van der Waals surface area contributed by atoms with Crippen molar-refractivity contribution in [1.29, 1.82) is 0 Å². The van der Waals surface area contributed by atoms with Crippen LogP contribution in [0, 0.1) is 13.8 Å². The van der Waals surface area contributed by atoms with Gasteiger partial charge < -0.3 is 38.2 Å². The molecular weight excluding hydrogens is 596 g/mol. The maximum absolute atomic E-state index is 12.7. The monoisotopic (exact) mass is 644 g/mol. The minimum absolute atomic E-state index is 0.0934. The van der Waals surface area contributed by atoms with Crippen LogP contribution in [0.2, 0.25) is 0 Å². The van der Waals surface area contributed by atoms with E-state index in [1.165, 1.54) is 0 Å². The number of anilines is 2. The van der Waals surface area contributed by atoms with Crippen LogP contribution in [0.15, 0.2) is 36.4 Å². The summed E-state index contributed by atoms with van der Waals surface area (Å²) in [5.41, 5.74) is 2.84. The fraction of sp³-hybridized carbons (Fsp3) is 0.529. The van der Waals surface area contributed by atoms with Crippen LogP contribution in [0.25, 0.3) is 0 Å². The first-order valence-electron chi connectivity index (χ1n) is 15.6. The first-order valence-corrected chi connectivity index (χ1v) is 15.6. The average Bonchev–Trinajstić information content (AvgIpc) is 3.01. The van der Waals surface area contributed by atoms with Gasteiger partial charge in [-0.3, -0.25) is 9.59 Å². The highest BCUT2D eigenvalue weighted by atomic mass is 16.6. The number of benzene rings is 2. The number of ether oxygens (including phenoxy) is 6. The van der Waals surface area contributed by atoms with Gasteiger partial charge in [0.25, 0.3) is 0 Å². The average molecular weight is 645 g/mol. The molecule has 0 saturated carbocycles. The van der Waals surface area contributed by atoms with Gasteiger partial charge in [-0.15, -0.1) is 0 Å². The summed E-state index contributed by atoms with van der Waals surface area (Å²) in [5.74, 6) is -1.09.